The number of fused-ring (bicyclic) bond motifs is 3. The van der Waals surface area contributed by atoms with Gasteiger partial charge in [0.2, 0.25) is 5.91 Å². The SMILES string of the molecule is CC(=O)N1CCn2c(C3CCOCC3)nc(-c3cccc4cc(-c5ccc6c(=O)[nH]ccc6c5)ncc34)c2C1. The number of amides is 1. The molecule has 0 unspecified atom stereocenters. The molecule has 39 heavy (non-hydrogen) atoms. The van der Waals surface area contributed by atoms with Crippen molar-refractivity contribution in [2.45, 2.75) is 38.8 Å². The number of hydrogen-bond acceptors (Lipinski definition) is 5. The summed E-state index contributed by atoms with van der Waals surface area (Å²) in [4.78, 5) is 39.2. The summed E-state index contributed by atoms with van der Waals surface area (Å²) >= 11 is 0. The molecule has 0 radical (unpaired) electrons. The van der Waals surface area contributed by atoms with Gasteiger partial charge in [-0.05, 0) is 47.9 Å². The lowest BCUT2D eigenvalue weighted by Crippen LogP contribution is -2.37. The minimum Gasteiger partial charge on any atom is -0.381 e. The van der Waals surface area contributed by atoms with E-state index in [9.17, 15) is 9.59 Å². The summed E-state index contributed by atoms with van der Waals surface area (Å²) in [5.41, 5.74) is 4.77. The summed E-state index contributed by atoms with van der Waals surface area (Å²) in [6.07, 6.45) is 5.52. The van der Waals surface area contributed by atoms with E-state index in [1.54, 1.807) is 13.1 Å². The number of hydrogen-bond donors (Lipinski definition) is 1. The lowest BCUT2D eigenvalue weighted by Gasteiger charge is -2.30. The Labute approximate surface area is 225 Å². The molecule has 3 aromatic heterocycles. The van der Waals surface area contributed by atoms with Crippen molar-refractivity contribution in [3.05, 3.63) is 82.8 Å². The van der Waals surface area contributed by atoms with Crippen LogP contribution in [-0.4, -0.2) is 50.1 Å². The molecule has 1 amide bonds. The van der Waals surface area contributed by atoms with Crippen LogP contribution in [0.4, 0.5) is 0 Å². The fourth-order valence-electron chi connectivity index (χ4n) is 6.04. The maximum Gasteiger partial charge on any atom is 0.255 e. The van der Waals surface area contributed by atoms with Crippen LogP contribution in [0.2, 0.25) is 0 Å². The molecule has 8 heteroatoms. The molecule has 0 saturated carbocycles. The Morgan fingerprint density at radius 2 is 1.87 bits per heavy atom. The Bertz CT molecular complexity index is 1800. The monoisotopic (exact) mass is 519 g/mol. The second-order valence-electron chi connectivity index (χ2n) is 10.4. The van der Waals surface area contributed by atoms with Crippen LogP contribution in [0.3, 0.4) is 0 Å². The quantitative estimate of drug-likeness (QED) is 0.367. The van der Waals surface area contributed by atoms with Crippen molar-refractivity contribution in [1.82, 2.24) is 24.4 Å². The van der Waals surface area contributed by atoms with Crippen LogP contribution >= 0.6 is 0 Å². The van der Waals surface area contributed by atoms with E-state index in [1.165, 1.54) is 0 Å². The number of ether oxygens (including phenoxy) is 1. The van der Waals surface area contributed by atoms with E-state index in [2.05, 4.69) is 33.8 Å². The van der Waals surface area contributed by atoms with Gasteiger partial charge in [-0.3, -0.25) is 14.6 Å². The summed E-state index contributed by atoms with van der Waals surface area (Å²) in [5, 5.41) is 3.64. The number of pyridine rings is 2. The van der Waals surface area contributed by atoms with Crippen LogP contribution in [0, 0.1) is 0 Å². The highest BCUT2D eigenvalue weighted by molar-refractivity contribution is 5.98. The van der Waals surface area contributed by atoms with E-state index < -0.39 is 0 Å². The maximum atomic E-state index is 12.3. The van der Waals surface area contributed by atoms with E-state index >= 15 is 0 Å². The lowest BCUT2D eigenvalue weighted by atomic mass is 9.99. The number of benzene rings is 2. The fourth-order valence-corrected chi connectivity index (χ4v) is 6.04. The number of H-pyrrole nitrogens is 1. The van der Waals surface area contributed by atoms with E-state index in [1.807, 2.05) is 35.4 Å². The fraction of sp³-hybridized carbons (Fsp3) is 0.290. The van der Waals surface area contributed by atoms with Gasteiger partial charge in [-0.1, -0.05) is 24.3 Å². The number of aromatic amines is 1. The average molecular weight is 520 g/mol. The lowest BCUT2D eigenvalue weighted by molar-refractivity contribution is -0.130. The number of carbonyl (C=O) groups is 1. The molecule has 2 aliphatic rings. The van der Waals surface area contributed by atoms with Crippen LogP contribution < -0.4 is 5.56 Å². The van der Waals surface area contributed by atoms with Crippen molar-refractivity contribution in [2.75, 3.05) is 19.8 Å². The van der Waals surface area contributed by atoms with E-state index in [4.69, 9.17) is 14.7 Å². The Balaban J connectivity index is 1.34. The number of carbonyl (C=O) groups excluding carboxylic acids is 1. The van der Waals surface area contributed by atoms with E-state index in [0.717, 1.165) is 82.8 Å². The number of nitrogens with one attached hydrogen (secondary N) is 1. The normalized spacial score (nSPS) is 16.1. The minimum absolute atomic E-state index is 0.0858. The molecular weight excluding hydrogens is 490 g/mol. The predicted octanol–water partition coefficient (Wildman–Crippen LogP) is 4.86. The van der Waals surface area contributed by atoms with Gasteiger partial charge in [0.25, 0.3) is 5.56 Å². The second kappa shape index (κ2) is 9.47. The van der Waals surface area contributed by atoms with Gasteiger partial charge in [0.1, 0.15) is 5.82 Å². The summed E-state index contributed by atoms with van der Waals surface area (Å²) < 4.78 is 7.97. The highest BCUT2D eigenvalue weighted by Crippen LogP contribution is 2.37. The number of aromatic nitrogens is 4. The Morgan fingerprint density at radius 1 is 1.03 bits per heavy atom. The zero-order valence-electron chi connectivity index (χ0n) is 21.8. The highest BCUT2D eigenvalue weighted by Gasteiger charge is 2.30. The molecule has 0 spiro atoms. The van der Waals surface area contributed by atoms with E-state index in [-0.39, 0.29) is 11.5 Å². The maximum absolute atomic E-state index is 12.3. The van der Waals surface area contributed by atoms with E-state index in [0.29, 0.717) is 24.4 Å². The molecule has 2 aliphatic heterocycles. The molecule has 7 rings (SSSR count). The molecule has 5 heterocycles. The third-order valence-corrected chi connectivity index (χ3v) is 8.16. The van der Waals surface area contributed by atoms with Crippen LogP contribution in [0.5, 0.6) is 0 Å². The Morgan fingerprint density at radius 3 is 2.72 bits per heavy atom. The van der Waals surface area contributed by atoms with Gasteiger partial charge in [-0.2, -0.15) is 0 Å². The third kappa shape index (κ3) is 4.12. The first kappa shape index (κ1) is 23.8. The summed E-state index contributed by atoms with van der Waals surface area (Å²) in [6.45, 7) is 5.16. The molecule has 196 valence electrons. The van der Waals surface area contributed by atoms with Crippen molar-refractivity contribution in [1.29, 1.82) is 0 Å². The smallest absolute Gasteiger partial charge is 0.255 e. The molecule has 0 atom stereocenters. The Hall–Kier alpha value is -4.30. The van der Waals surface area contributed by atoms with Crippen LogP contribution in [0.15, 0.2) is 65.7 Å². The van der Waals surface area contributed by atoms with Gasteiger partial charge in [-0.25, -0.2) is 4.98 Å². The predicted molar refractivity (Wildman–Crippen MR) is 150 cm³/mol. The van der Waals surface area contributed by atoms with Gasteiger partial charge in [0.05, 0.1) is 23.6 Å². The first-order chi connectivity index (χ1) is 19.1. The van der Waals surface area contributed by atoms with Gasteiger partial charge < -0.3 is 19.2 Å². The van der Waals surface area contributed by atoms with Gasteiger partial charge in [0, 0.05) is 73.4 Å². The molecular formula is C31H29N5O3. The molecule has 8 nitrogen and oxygen atoms in total. The molecule has 2 aromatic carbocycles. The molecule has 1 saturated heterocycles. The molecule has 0 bridgehead atoms. The zero-order valence-corrected chi connectivity index (χ0v) is 21.8. The zero-order chi connectivity index (χ0) is 26.5. The number of nitrogens with zero attached hydrogens (tertiary/aromatic N) is 4. The standard InChI is InChI=1S/C31H29N5O3/c1-19(37)35-11-12-36-28(18-35)29(34-30(36)20-8-13-39-14-9-20)25-4-2-3-21-16-27(33-17-26(21)25)23-5-6-24-22(15-23)7-10-32-31(24)38/h2-7,10,15-17,20H,8-9,11-14,18H2,1H3,(H,32,38). The molecule has 0 aliphatic carbocycles. The molecule has 1 N–H and O–H groups in total. The molecule has 1 fully saturated rings. The largest absolute Gasteiger partial charge is 0.381 e. The average Bonchev–Trinajstić information content (AvgIpc) is 3.36. The third-order valence-electron chi connectivity index (χ3n) is 8.16. The van der Waals surface area contributed by atoms with Crippen molar-refractivity contribution >= 4 is 27.5 Å². The highest BCUT2D eigenvalue weighted by atomic mass is 16.5. The summed E-state index contributed by atoms with van der Waals surface area (Å²) in [7, 11) is 0. The Kier molecular flexibility index (Phi) is 5.77. The molecule has 5 aromatic rings. The van der Waals surface area contributed by atoms with Crippen molar-refractivity contribution < 1.29 is 9.53 Å². The minimum atomic E-state index is -0.0953. The van der Waals surface area contributed by atoms with Crippen molar-refractivity contribution in [3.8, 4) is 22.5 Å². The van der Waals surface area contributed by atoms with Gasteiger partial charge >= 0.3 is 0 Å². The van der Waals surface area contributed by atoms with Gasteiger partial charge in [0.15, 0.2) is 0 Å². The summed E-state index contributed by atoms with van der Waals surface area (Å²) in [5.74, 6) is 1.55. The second-order valence-corrected chi connectivity index (χ2v) is 10.4. The topological polar surface area (TPSA) is 93.1 Å². The van der Waals surface area contributed by atoms with Crippen LogP contribution in [0.25, 0.3) is 44.1 Å². The van der Waals surface area contributed by atoms with Crippen LogP contribution in [-0.2, 0) is 22.6 Å². The van der Waals surface area contributed by atoms with Crippen molar-refractivity contribution in [2.24, 2.45) is 0 Å². The first-order valence-corrected chi connectivity index (χ1v) is 13.5. The number of rotatable bonds is 3. The summed E-state index contributed by atoms with van der Waals surface area (Å²) in [6, 6.07) is 16.1. The van der Waals surface area contributed by atoms with Gasteiger partial charge in [-0.15, -0.1) is 0 Å². The first-order valence-electron chi connectivity index (χ1n) is 13.5. The van der Waals surface area contributed by atoms with Crippen molar-refractivity contribution in [3.63, 3.8) is 0 Å². The number of imidazole rings is 1. The van der Waals surface area contributed by atoms with Crippen LogP contribution in [0.1, 0.15) is 37.2 Å².